The van der Waals surface area contributed by atoms with Crippen LogP contribution >= 0.6 is 17.0 Å². The number of anilines is 1. The average Bonchev–Trinajstić information content (AvgIpc) is 2.94. The van der Waals surface area contributed by atoms with Gasteiger partial charge in [0.1, 0.15) is 30.2 Å². The topological polar surface area (TPSA) is 140 Å². The van der Waals surface area contributed by atoms with E-state index in [0.29, 0.717) is 11.2 Å². The second-order valence-electron chi connectivity index (χ2n) is 4.31. The maximum absolute atomic E-state index is 9.95. The zero-order chi connectivity index (χ0) is 13.6. The van der Waals surface area contributed by atoms with Gasteiger partial charge in [-0.25, -0.2) is 15.0 Å². The smallest absolute Gasteiger partial charge is 0.167 e. The predicted molar refractivity (Wildman–Crippen MR) is 73.1 cm³/mol. The van der Waals surface area contributed by atoms with Crippen LogP contribution in [0.15, 0.2) is 12.7 Å². The number of ether oxygens (including phenoxy) is 1. The predicted octanol–water partition coefficient (Wildman–Crippen LogP) is -1.40. The number of hydrogen-bond donors (Lipinski definition) is 4. The standard InChI is InChI=1S/C10H13N5O4.BrH/c11-8-5-9(13-2-12-8)15(3-14-5)10-7(18)6(17)4(1-16)19-10;/h2-4,6-7,10,16-18H,1H2,(H2,11,12,13);1H/t4-,6-,7-,10-;/m1./s1. The summed E-state index contributed by atoms with van der Waals surface area (Å²) in [6.45, 7) is -0.390. The monoisotopic (exact) mass is 347 g/mol. The first-order chi connectivity index (χ1) is 9.13. The Morgan fingerprint density at radius 3 is 2.65 bits per heavy atom. The summed E-state index contributed by atoms with van der Waals surface area (Å²) in [5.74, 6) is 0.218. The molecular formula is C10H14BrN5O4. The van der Waals surface area contributed by atoms with Gasteiger partial charge < -0.3 is 25.8 Å². The van der Waals surface area contributed by atoms with Gasteiger partial charge in [0.15, 0.2) is 17.7 Å². The van der Waals surface area contributed by atoms with Crippen LogP contribution < -0.4 is 5.73 Å². The minimum Gasteiger partial charge on any atom is -0.394 e. The fourth-order valence-corrected chi connectivity index (χ4v) is 2.17. The molecule has 4 atom stereocenters. The molecular weight excluding hydrogens is 334 g/mol. The maximum Gasteiger partial charge on any atom is 0.167 e. The third-order valence-corrected chi connectivity index (χ3v) is 3.18. The van der Waals surface area contributed by atoms with Crippen LogP contribution in [0.5, 0.6) is 0 Å². The normalized spacial score (nSPS) is 29.6. The molecule has 0 aromatic carbocycles. The largest absolute Gasteiger partial charge is 0.394 e. The minimum atomic E-state index is -1.19. The van der Waals surface area contributed by atoms with Crippen molar-refractivity contribution in [1.29, 1.82) is 0 Å². The first-order valence-electron chi connectivity index (χ1n) is 5.69. The summed E-state index contributed by atoms with van der Waals surface area (Å²) in [5.41, 5.74) is 6.44. The number of nitrogens with zero attached hydrogens (tertiary/aromatic N) is 4. The number of halogens is 1. The van der Waals surface area contributed by atoms with E-state index in [2.05, 4.69) is 15.0 Å². The second kappa shape index (κ2) is 5.58. The van der Waals surface area contributed by atoms with E-state index in [9.17, 15) is 10.2 Å². The number of nitrogens with two attached hydrogens (primary N) is 1. The highest BCUT2D eigenvalue weighted by Gasteiger charge is 2.43. The van der Waals surface area contributed by atoms with Crippen LogP contribution in [-0.2, 0) is 4.74 Å². The van der Waals surface area contributed by atoms with Gasteiger partial charge in [-0.05, 0) is 0 Å². The zero-order valence-electron chi connectivity index (χ0n) is 10.2. The lowest BCUT2D eigenvalue weighted by Gasteiger charge is -2.16. The van der Waals surface area contributed by atoms with Crippen LogP contribution in [0, 0.1) is 0 Å². The third kappa shape index (κ3) is 2.15. The molecule has 20 heavy (non-hydrogen) atoms. The van der Waals surface area contributed by atoms with Crippen molar-refractivity contribution in [2.45, 2.75) is 24.5 Å². The van der Waals surface area contributed by atoms with Crippen molar-refractivity contribution in [3.8, 4) is 0 Å². The lowest BCUT2D eigenvalue weighted by Crippen LogP contribution is -2.33. The average molecular weight is 348 g/mol. The number of aromatic nitrogens is 4. The number of aliphatic hydroxyl groups excluding tert-OH is 3. The van der Waals surface area contributed by atoms with E-state index in [1.54, 1.807) is 0 Å². The van der Waals surface area contributed by atoms with Gasteiger partial charge in [0.05, 0.1) is 12.9 Å². The van der Waals surface area contributed by atoms with Crippen molar-refractivity contribution in [3.63, 3.8) is 0 Å². The molecule has 3 rings (SSSR count). The molecule has 1 aliphatic heterocycles. The van der Waals surface area contributed by atoms with E-state index < -0.39 is 31.1 Å². The molecule has 5 N–H and O–H groups in total. The summed E-state index contributed by atoms with van der Waals surface area (Å²) in [6.07, 6.45) is -1.42. The highest BCUT2D eigenvalue weighted by Crippen LogP contribution is 2.31. The SMILES string of the molecule is Br.Nc1ncnc2c1ncn2[C@@H]1O[C@H](CO)[C@@H](O)[C@H]1O. The van der Waals surface area contributed by atoms with Gasteiger partial charge >= 0.3 is 0 Å². The molecule has 0 spiro atoms. The van der Waals surface area contributed by atoms with Gasteiger partial charge in [0.2, 0.25) is 0 Å². The fourth-order valence-electron chi connectivity index (χ4n) is 2.17. The first-order valence-corrected chi connectivity index (χ1v) is 5.69. The molecule has 3 heterocycles. The number of hydrogen-bond acceptors (Lipinski definition) is 8. The molecule has 0 radical (unpaired) electrons. The molecule has 9 nitrogen and oxygen atoms in total. The van der Waals surface area contributed by atoms with Crippen molar-refractivity contribution < 1.29 is 20.1 Å². The highest BCUT2D eigenvalue weighted by atomic mass is 79.9. The Hall–Kier alpha value is -1.33. The number of nitrogen functional groups attached to an aromatic ring is 1. The van der Waals surface area contributed by atoms with Crippen molar-refractivity contribution in [2.75, 3.05) is 12.3 Å². The van der Waals surface area contributed by atoms with Gasteiger partial charge in [0.25, 0.3) is 0 Å². The Kier molecular flexibility index (Phi) is 4.20. The molecule has 1 aliphatic rings. The van der Waals surface area contributed by atoms with Crippen molar-refractivity contribution >= 4 is 34.0 Å². The molecule has 1 saturated heterocycles. The molecule has 110 valence electrons. The van der Waals surface area contributed by atoms with Gasteiger partial charge in [-0.2, -0.15) is 0 Å². The number of rotatable bonds is 2. The van der Waals surface area contributed by atoms with Gasteiger partial charge in [0, 0.05) is 0 Å². The molecule has 0 bridgehead atoms. The van der Waals surface area contributed by atoms with Crippen LogP contribution in [-0.4, -0.2) is 59.8 Å². The Balaban J connectivity index is 0.00000147. The van der Waals surface area contributed by atoms with Crippen LogP contribution in [0.4, 0.5) is 5.82 Å². The molecule has 10 heteroatoms. The van der Waals surface area contributed by atoms with Crippen molar-refractivity contribution in [3.05, 3.63) is 12.7 Å². The van der Waals surface area contributed by atoms with Crippen molar-refractivity contribution in [2.24, 2.45) is 0 Å². The van der Waals surface area contributed by atoms with Crippen LogP contribution in [0.25, 0.3) is 11.2 Å². The van der Waals surface area contributed by atoms with E-state index in [1.165, 1.54) is 17.2 Å². The summed E-state index contributed by atoms with van der Waals surface area (Å²) in [6, 6.07) is 0. The molecule has 1 fully saturated rings. The van der Waals surface area contributed by atoms with E-state index in [1.807, 2.05) is 0 Å². The Morgan fingerprint density at radius 2 is 2.00 bits per heavy atom. The van der Waals surface area contributed by atoms with Gasteiger partial charge in [-0.3, -0.25) is 4.57 Å². The number of aliphatic hydroxyl groups is 3. The summed E-state index contributed by atoms with van der Waals surface area (Å²) < 4.78 is 6.85. The highest BCUT2D eigenvalue weighted by molar-refractivity contribution is 8.93. The number of fused-ring (bicyclic) bond motifs is 1. The van der Waals surface area contributed by atoms with Crippen LogP contribution in [0.1, 0.15) is 6.23 Å². The zero-order valence-corrected chi connectivity index (χ0v) is 11.9. The molecule has 2 aromatic rings. The maximum atomic E-state index is 9.95. The fraction of sp³-hybridized carbons (Fsp3) is 0.500. The van der Waals surface area contributed by atoms with Gasteiger partial charge in [-0.1, -0.05) is 0 Å². The molecule has 0 saturated carbocycles. The van der Waals surface area contributed by atoms with E-state index in [0.717, 1.165) is 0 Å². The Bertz CT molecular complexity index is 608. The summed E-state index contributed by atoms with van der Waals surface area (Å²) in [4.78, 5) is 11.9. The summed E-state index contributed by atoms with van der Waals surface area (Å²) >= 11 is 0. The quantitative estimate of drug-likeness (QED) is 0.520. The lowest BCUT2D eigenvalue weighted by molar-refractivity contribution is -0.0511. The number of imidazole rings is 1. The van der Waals surface area contributed by atoms with Crippen LogP contribution in [0.3, 0.4) is 0 Å². The summed E-state index contributed by atoms with van der Waals surface area (Å²) in [7, 11) is 0. The second-order valence-corrected chi connectivity index (χ2v) is 4.31. The Morgan fingerprint density at radius 1 is 1.25 bits per heavy atom. The lowest BCUT2D eigenvalue weighted by atomic mass is 10.1. The first kappa shape index (κ1) is 15.1. The molecule has 0 amide bonds. The Labute approximate surface area is 123 Å². The van der Waals surface area contributed by atoms with Gasteiger partial charge in [-0.15, -0.1) is 17.0 Å². The molecule has 0 unspecified atom stereocenters. The van der Waals surface area contributed by atoms with Crippen molar-refractivity contribution in [1.82, 2.24) is 19.5 Å². The van der Waals surface area contributed by atoms with E-state index in [4.69, 9.17) is 15.6 Å². The van der Waals surface area contributed by atoms with E-state index in [-0.39, 0.29) is 22.8 Å². The third-order valence-electron chi connectivity index (χ3n) is 3.18. The van der Waals surface area contributed by atoms with Crippen LogP contribution in [0.2, 0.25) is 0 Å². The molecule has 0 aliphatic carbocycles. The minimum absolute atomic E-state index is 0. The summed E-state index contributed by atoms with van der Waals surface area (Å²) in [5, 5.41) is 28.7. The molecule has 2 aromatic heterocycles. The van der Waals surface area contributed by atoms with E-state index >= 15 is 0 Å².